The van der Waals surface area contributed by atoms with Crippen LogP contribution in [-0.4, -0.2) is 138 Å². The van der Waals surface area contributed by atoms with Crippen LogP contribution in [0.5, 0.6) is 17.5 Å². The summed E-state index contributed by atoms with van der Waals surface area (Å²) < 4.78 is 6.90. The van der Waals surface area contributed by atoms with Crippen molar-refractivity contribution < 1.29 is 48.8 Å². The summed E-state index contributed by atoms with van der Waals surface area (Å²) in [6, 6.07) is 25.1. The van der Waals surface area contributed by atoms with Gasteiger partial charge in [0.05, 0.1) is 23.9 Å². The zero-order valence-corrected chi connectivity index (χ0v) is 49.0. The second-order valence-electron chi connectivity index (χ2n) is 24.2. The van der Waals surface area contributed by atoms with E-state index in [4.69, 9.17) is 4.74 Å². The Labute approximate surface area is 487 Å². The maximum Gasteiger partial charge on any atom is 0.319 e. The number of hydrogen-bond donors (Lipinski definition) is 7. The molecule has 1 aromatic heterocycles. The van der Waals surface area contributed by atoms with E-state index in [0.717, 1.165) is 29.8 Å². The van der Waals surface area contributed by atoms with Crippen LogP contribution in [0.3, 0.4) is 0 Å². The van der Waals surface area contributed by atoms with Crippen LogP contribution in [-0.2, 0) is 52.9 Å². The van der Waals surface area contributed by atoms with Crippen molar-refractivity contribution in [3.05, 3.63) is 119 Å². The van der Waals surface area contributed by atoms with E-state index in [2.05, 4.69) is 36.4 Å². The number of aryl methyl sites for hydroxylation is 1. The van der Waals surface area contributed by atoms with Gasteiger partial charge in [-0.3, -0.25) is 33.7 Å². The predicted octanol–water partition coefficient (Wildman–Crippen LogP) is 6.89. The van der Waals surface area contributed by atoms with Gasteiger partial charge in [0.25, 0.3) is 0 Å². The van der Waals surface area contributed by atoms with Crippen molar-refractivity contribution >= 4 is 35.3 Å². The number of phenolic OH excluding ortho intramolecular Hbond substituents is 2. The van der Waals surface area contributed by atoms with E-state index in [1.165, 1.54) is 10.6 Å². The highest BCUT2D eigenvalue weighted by Crippen LogP contribution is 2.39. The lowest BCUT2D eigenvalue weighted by atomic mass is 9.91. The van der Waals surface area contributed by atoms with Gasteiger partial charge < -0.3 is 46.2 Å². The van der Waals surface area contributed by atoms with E-state index in [-0.39, 0.29) is 90.5 Å². The minimum absolute atomic E-state index is 0.0284. The lowest BCUT2D eigenvalue weighted by Gasteiger charge is -2.37. The van der Waals surface area contributed by atoms with Gasteiger partial charge in [-0.05, 0) is 130 Å². The van der Waals surface area contributed by atoms with Gasteiger partial charge in [-0.2, -0.15) is 0 Å². The third-order valence-electron chi connectivity index (χ3n) is 16.3. The Bertz CT molecular complexity index is 3040. The van der Waals surface area contributed by atoms with E-state index in [1.54, 1.807) is 13.0 Å². The molecule has 0 radical (unpaired) electrons. The number of ketones is 1. The Kier molecular flexibility index (Phi) is 20.4. The number of amides is 5. The van der Waals surface area contributed by atoms with Crippen molar-refractivity contribution in [2.75, 3.05) is 32.8 Å². The number of carbonyl (C=O) groups excluding carboxylic acids is 6. The molecule has 4 heterocycles. The fourth-order valence-electron chi connectivity index (χ4n) is 11.3. The summed E-state index contributed by atoms with van der Waals surface area (Å²) in [7, 11) is 0. The molecule has 3 saturated heterocycles. The Morgan fingerprint density at radius 3 is 1.78 bits per heavy atom. The molecular formula is C64H83N9O10. The van der Waals surface area contributed by atoms with Crippen LogP contribution >= 0.6 is 0 Å². The zero-order chi connectivity index (χ0) is 59.5. The quantitative estimate of drug-likeness (QED) is 0.0294. The molecule has 8 rings (SSSR count). The van der Waals surface area contributed by atoms with Crippen LogP contribution in [0.15, 0.2) is 97.1 Å². The predicted molar refractivity (Wildman–Crippen MR) is 314 cm³/mol. The monoisotopic (exact) mass is 1140 g/mol. The summed E-state index contributed by atoms with van der Waals surface area (Å²) in [5.41, 5.74) is 3.38. The van der Waals surface area contributed by atoms with Crippen molar-refractivity contribution in [2.45, 2.75) is 148 Å². The van der Waals surface area contributed by atoms with Gasteiger partial charge in [-0.25, -0.2) is 4.57 Å². The number of hydrogen-bond acceptors (Lipinski definition) is 13. The number of rotatable bonds is 25. The fourth-order valence-corrected chi connectivity index (χ4v) is 11.3. The summed E-state index contributed by atoms with van der Waals surface area (Å²) in [6.45, 7) is 16.6. The molecule has 7 N–H and O–H groups in total. The molecule has 0 aliphatic carbocycles. The van der Waals surface area contributed by atoms with E-state index < -0.39 is 53.4 Å². The molecule has 5 unspecified atom stereocenters. The van der Waals surface area contributed by atoms with Crippen molar-refractivity contribution in [1.29, 1.82) is 0 Å². The molecule has 3 aliphatic heterocycles. The minimum Gasteiger partial charge on any atom is -0.508 e. The Hall–Kier alpha value is -7.64. The van der Waals surface area contributed by atoms with Gasteiger partial charge in [0.1, 0.15) is 35.2 Å². The first-order valence-electron chi connectivity index (χ1n) is 29.4. The number of nitrogens with one attached hydrogen (secondary N) is 4. The highest BCUT2D eigenvalue weighted by molar-refractivity contribution is 5.99. The molecule has 5 atom stereocenters. The van der Waals surface area contributed by atoms with Crippen molar-refractivity contribution in [2.24, 2.45) is 23.7 Å². The number of nitrogens with zero attached hydrogens (tertiary/aromatic N) is 5. The molecule has 5 amide bonds. The van der Waals surface area contributed by atoms with Crippen LogP contribution in [0.4, 0.5) is 0 Å². The average Bonchev–Trinajstić information content (AvgIpc) is 4.28. The van der Waals surface area contributed by atoms with Crippen molar-refractivity contribution in [3.8, 4) is 34.6 Å². The van der Waals surface area contributed by atoms with Crippen LogP contribution < -0.4 is 21.3 Å². The molecule has 4 aromatic carbocycles. The fraction of sp³-hybridized carbons (Fsp3) is 0.500. The van der Waals surface area contributed by atoms with E-state index in [9.17, 15) is 44.1 Å². The summed E-state index contributed by atoms with van der Waals surface area (Å²) in [5, 5.41) is 51.8. The van der Waals surface area contributed by atoms with Gasteiger partial charge in [0.15, 0.2) is 11.6 Å². The summed E-state index contributed by atoms with van der Waals surface area (Å²) in [5.74, 6) is -2.61. The largest absolute Gasteiger partial charge is 0.508 e. The number of Topliss-reactive ketones (excluding diaryl/α,β-unsaturated/α-hetero) is 1. The molecular weight excluding hydrogens is 1050 g/mol. The number of ether oxygens (including phenoxy) is 1. The topological polar surface area (TPSA) is 261 Å². The highest BCUT2D eigenvalue weighted by atomic mass is 16.6. The Morgan fingerprint density at radius 1 is 0.627 bits per heavy atom. The SMILES string of the molecule is CC(C)CC(NC(=O)C(CCc1ccccc1)NC(=O)C1CCN(C(=O)C2CCN(Cc3ccc(-n4c(O)nnc4-c4cc(C(C)C)c(O)cc4O)cc3)CC2)CC1)C(=O)NC(Cc1ccccc1)C(=O)NC(CC(C)C)C(=O)C1(C)CO1. The summed E-state index contributed by atoms with van der Waals surface area (Å²) in [4.78, 5) is 89.0. The van der Waals surface area contributed by atoms with E-state index >= 15 is 0 Å². The average molecular weight is 1140 g/mol. The second kappa shape index (κ2) is 27.6. The van der Waals surface area contributed by atoms with Gasteiger partial charge >= 0.3 is 6.01 Å². The van der Waals surface area contributed by atoms with E-state index in [1.807, 2.05) is 131 Å². The Morgan fingerprint density at radius 2 is 1.18 bits per heavy atom. The minimum atomic E-state index is -1.08. The number of aromatic nitrogens is 3. The lowest BCUT2D eigenvalue weighted by molar-refractivity contribution is -0.141. The number of piperidine rings is 2. The molecule has 3 fully saturated rings. The maximum absolute atomic E-state index is 14.5. The molecule has 0 saturated carbocycles. The van der Waals surface area contributed by atoms with Crippen LogP contribution in [0.2, 0.25) is 0 Å². The lowest BCUT2D eigenvalue weighted by Crippen LogP contribution is -2.59. The van der Waals surface area contributed by atoms with Crippen LogP contribution in [0.1, 0.15) is 122 Å². The molecule has 0 spiro atoms. The highest BCUT2D eigenvalue weighted by Gasteiger charge is 2.50. The zero-order valence-electron chi connectivity index (χ0n) is 49.0. The summed E-state index contributed by atoms with van der Waals surface area (Å²) >= 11 is 0. The number of epoxide rings is 1. The molecule has 19 heteroatoms. The first kappa shape index (κ1) is 61.4. The molecule has 3 aliphatic rings. The Balaban J connectivity index is 0.857. The normalized spacial score (nSPS) is 18.3. The van der Waals surface area contributed by atoms with Crippen molar-refractivity contribution in [1.82, 2.24) is 45.8 Å². The number of phenols is 2. The first-order valence-corrected chi connectivity index (χ1v) is 29.4. The first-order chi connectivity index (χ1) is 39.7. The van der Waals surface area contributed by atoms with Crippen LogP contribution in [0, 0.1) is 23.7 Å². The smallest absolute Gasteiger partial charge is 0.319 e. The van der Waals surface area contributed by atoms with Gasteiger partial charge in [-0.15, -0.1) is 5.10 Å². The number of aromatic hydroxyl groups is 3. The van der Waals surface area contributed by atoms with E-state index in [0.29, 0.717) is 75.0 Å². The number of likely N-dealkylation sites (tertiary alicyclic amines) is 2. The molecule has 19 nitrogen and oxygen atoms in total. The molecule has 5 aromatic rings. The third kappa shape index (κ3) is 16.1. The van der Waals surface area contributed by atoms with Gasteiger partial charge in [0, 0.05) is 44.0 Å². The second-order valence-corrected chi connectivity index (χ2v) is 24.2. The van der Waals surface area contributed by atoms with Gasteiger partial charge in [-0.1, -0.05) is 119 Å². The molecule has 83 heavy (non-hydrogen) atoms. The third-order valence-corrected chi connectivity index (χ3v) is 16.3. The van der Waals surface area contributed by atoms with Gasteiger partial charge in [0.2, 0.25) is 29.5 Å². The molecule has 0 bridgehead atoms. The molecule has 444 valence electrons. The summed E-state index contributed by atoms with van der Waals surface area (Å²) in [6.07, 6.45) is 3.74. The van der Waals surface area contributed by atoms with Crippen LogP contribution in [0.25, 0.3) is 17.1 Å². The number of carbonyl (C=O) groups is 6. The number of benzene rings is 4. The van der Waals surface area contributed by atoms with Crippen molar-refractivity contribution in [3.63, 3.8) is 0 Å². The maximum atomic E-state index is 14.5. The standard InChI is InChI=1S/C64H83N9O10/c1-39(2)32-51(56(76)64(7)38-83-64)66-61(80)53(34-43-16-12-9-13-17-43)68-60(79)52(33-40(3)4)67-59(78)50(23-20-42-14-10-8-11-15-42)65-58(77)45-26-30-72(31-27-45)62(81)46-24-28-71(29-25-46)37-44-18-21-47(22-19-44)73-57(69-70-63(73)82)49-35-48(41(5)6)54(74)36-55(49)75/h8-19,21-22,35-36,39-41,45-46,50-53,74-75H,20,23-34,37-38H2,1-7H3,(H,65,77)(H,66,80)(H,67,78)(H,68,79)(H,70,82).